The number of carbonyl (C=O) groups is 3. The number of fused-ring (bicyclic) bond motifs is 1. The van der Waals surface area contributed by atoms with Crippen LogP contribution in [-0.2, 0) is 28.5 Å². The fraction of sp³-hybridized carbons (Fsp3) is 0.821. The van der Waals surface area contributed by atoms with E-state index in [0.29, 0.717) is 89.9 Å². The Kier molecular flexibility index (Phi) is 15.6. The zero-order valence-electron chi connectivity index (χ0n) is 23.8. The van der Waals surface area contributed by atoms with Crippen LogP contribution in [0.25, 0.3) is 0 Å². The molecule has 222 valence electrons. The molecular formula is C28H47N3O8. The lowest BCUT2D eigenvalue weighted by atomic mass is 10.1. The van der Waals surface area contributed by atoms with E-state index in [-0.39, 0.29) is 18.5 Å². The molecule has 0 aromatic carbocycles. The first-order valence-corrected chi connectivity index (χ1v) is 14.1. The van der Waals surface area contributed by atoms with Crippen molar-refractivity contribution >= 4 is 18.1 Å². The van der Waals surface area contributed by atoms with Gasteiger partial charge in [-0.1, -0.05) is 0 Å². The van der Waals surface area contributed by atoms with E-state index in [1.54, 1.807) is 20.8 Å². The molecule has 0 aromatic rings. The van der Waals surface area contributed by atoms with Crippen LogP contribution in [0.5, 0.6) is 0 Å². The average Bonchev–Trinajstić information content (AvgIpc) is 3.51. The van der Waals surface area contributed by atoms with Crippen molar-refractivity contribution in [3.05, 3.63) is 0 Å². The molecular weight excluding hydrogens is 506 g/mol. The minimum absolute atomic E-state index is 0.132. The van der Waals surface area contributed by atoms with Gasteiger partial charge in [0.2, 0.25) is 5.91 Å². The van der Waals surface area contributed by atoms with Crippen LogP contribution in [0.1, 0.15) is 59.3 Å². The van der Waals surface area contributed by atoms with Crippen molar-refractivity contribution in [2.75, 3.05) is 65.9 Å². The van der Waals surface area contributed by atoms with Gasteiger partial charge >= 0.3 is 12.2 Å². The van der Waals surface area contributed by atoms with Crippen molar-refractivity contribution in [1.82, 2.24) is 16.0 Å². The number of nitrogens with one attached hydrogen (secondary N) is 3. The quantitative estimate of drug-likeness (QED) is 0.174. The smallest absolute Gasteiger partial charge is 0.408 e. The third kappa shape index (κ3) is 16.2. The molecule has 0 radical (unpaired) electrons. The Balaban J connectivity index is 1.27. The Morgan fingerprint density at radius 2 is 1.28 bits per heavy atom. The summed E-state index contributed by atoms with van der Waals surface area (Å²) in [4.78, 5) is 35.1. The van der Waals surface area contributed by atoms with Crippen LogP contribution in [-0.4, -0.2) is 89.6 Å². The van der Waals surface area contributed by atoms with Crippen LogP contribution >= 0.6 is 0 Å². The molecule has 3 N–H and O–H groups in total. The first kappa shape index (κ1) is 32.7. The summed E-state index contributed by atoms with van der Waals surface area (Å²) in [7, 11) is 0. The topological polar surface area (TPSA) is 133 Å². The second kappa shape index (κ2) is 18.7. The Morgan fingerprint density at radius 1 is 0.744 bits per heavy atom. The van der Waals surface area contributed by atoms with Crippen molar-refractivity contribution in [3.63, 3.8) is 0 Å². The van der Waals surface area contributed by atoms with Gasteiger partial charge in [0.1, 0.15) is 5.60 Å². The summed E-state index contributed by atoms with van der Waals surface area (Å²) >= 11 is 0. The average molecular weight is 554 g/mol. The van der Waals surface area contributed by atoms with E-state index >= 15 is 0 Å². The van der Waals surface area contributed by atoms with Crippen molar-refractivity contribution in [2.45, 2.75) is 64.9 Å². The van der Waals surface area contributed by atoms with E-state index < -0.39 is 11.7 Å². The third-order valence-electron chi connectivity index (χ3n) is 6.30. The van der Waals surface area contributed by atoms with Gasteiger partial charge in [-0.25, -0.2) is 9.59 Å². The van der Waals surface area contributed by atoms with Crippen LogP contribution in [0.4, 0.5) is 9.59 Å². The maximum atomic E-state index is 11.9. The first-order valence-electron chi connectivity index (χ1n) is 14.1. The molecule has 11 nitrogen and oxygen atoms in total. The SMILES string of the molecule is CC(C)(C)OC(=O)NCC(=O)NCCCOCCOCCOCCCNC(=O)OCC1[C@H]2CCC#CCC[C@@H]12. The molecule has 1 saturated carbocycles. The molecule has 11 heteroatoms. The second-order valence-electron chi connectivity index (χ2n) is 10.7. The summed E-state index contributed by atoms with van der Waals surface area (Å²) in [6.45, 7) is 9.48. The summed E-state index contributed by atoms with van der Waals surface area (Å²) in [5.41, 5.74) is -0.602. The maximum absolute atomic E-state index is 11.9. The van der Waals surface area contributed by atoms with E-state index in [1.165, 1.54) is 0 Å². The van der Waals surface area contributed by atoms with Gasteiger partial charge in [-0.15, -0.1) is 11.8 Å². The number of amides is 3. The predicted octanol–water partition coefficient (Wildman–Crippen LogP) is 2.62. The van der Waals surface area contributed by atoms with Gasteiger partial charge in [0.05, 0.1) is 39.6 Å². The number of hydrogen-bond acceptors (Lipinski definition) is 8. The van der Waals surface area contributed by atoms with Crippen molar-refractivity contribution in [2.24, 2.45) is 17.8 Å². The second-order valence-corrected chi connectivity index (χ2v) is 10.7. The first-order chi connectivity index (χ1) is 18.8. The summed E-state index contributed by atoms with van der Waals surface area (Å²) in [5, 5.41) is 7.89. The number of carbonyl (C=O) groups excluding carboxylic acids is 3. The molecule has 0 bridgehead atoms. The molecule has 0 aromatic heterocycles. The van der Waals surface area contributed by atoms with Gasteiger partial charge in [-0.3, -0.25) is 4.79 Å². The molecule has 2 aliphatic rings. The van der Waals surface area contributed by atoms with Gasteiger partial charge in [0.15, 0.2) is 0 Å². The van der Waals surface area contributed by atoms with Gasteiger partial charge in [-0.2, -0.15) is 0 Å². The van der Waals surface area contributed by atoms with Crippen LogP contribution in [0, 0.1) is 29.6 Å². The minimum Gasteiger partial charge on any atom is -0.449 e. The van der Waals surface area contributed by atoms with E-state index in [9.17, 15) is 14.4 Å². The normalized spacial score (nSPS) is 19.8. The van der Waals surface area contributed by atoms with Gasteiger partial charge < -0.3 is 39.6 Å². The van der Waals surface area contributed by atoms with Gasteiger partial charge in [-0.05, 0) is 64.2 Å². The summed E-state index contributed by atoms with van der Waals surface area (Å²) < 4.78 is 26.9. The van der Waals surface area contributed by atoms with Gasteiger partial charge in [0, 0.05) is 39.1 Å². The zero-order chi connectivity index (χ0) is 28.3. The summed E-state index contributed by atoms with van der Waals surface area (Å²) in [6, 6.07) is 0. The third-order valence-corrected chi connectivity index (χ3v) is 6.30. The largest absolute Gasteiger partial charge is 0.449 e. The van der Waals surface area contributed by atoms with Crippen LogP contribution < -0.4 is 16.0 Å². The molecule has 3 atom stereocenters. The van der Waals surface area contributed by atoms with Crippen LogP contribution in [0.2, 0.25) is 0 Å². The van der Waals surface area contributed by atoms with Crippen LogP contribution in [0.3, 0.4) is 0 Å². The van der Waals surface area contributed by atoms with Crippen molar-refractivity contribution < 1.29 is 38.1 Å². The number of alkyl carbamates (subject to hydrolysis) is 2. The Morgan fingerprint density at radius 3 is 1.85 bits per heavy atom. The van der Waals surface area contributed by atoms with Gasteiger partial charge in [0.25, 0.3) is 0 Å². The minimum atomic E-state index is -0.622. The van der Waals surface area contributed by atoms with Crippen molar-refractivity contribution in [1.29, 1.82) is 0 Å². The standard InChI is InChI=1S/C28H47N3O8/c1-28(2,3)39-27(34)31-20-25(32)29-12-8-14-35-16-18-37-19-17-36-15-9-13-30-26(33)38-21-24-22-10-6-4-5-7-11-23(22)24/h22-24H,6-21H2,1-3H3,(H,29,32)(H,30,33)(H,31,34)/t22-,23+,24?. The molecule has 3 amide bonds. The molecule has 2 aliphatic carbocycles. The Labute approximate surface area is 232 Å². The highest BCUT2D eigenvalue weighted by Crippen LogP contribution is 2.52. The van der Waals surface area contributed by atoms with E-state index in [4.69, 9.17) is 23.7 Å². The highest BCUT2D eigenvalue weighted by atomic mass is 16.6. The summed E-state index contributed by atoms with van der Waals surface area (Å²) in [6.07, 6.45) is 4.56. The summed E-state index contributed by atoms with van der Waals surface area (Å²) in [5.74, 6) is 7.96. The number of ether oxygens (including phenoxy) is 5. The Bertz CT molecular complexity index is 787. The maximum Gasteiger partial charge on any atom is 0.408 e. The lowest BCUT2D eigenvalue weighted by molar-refractivity contribution is -0.120. The molecule has 0 aliphatic heterocycles. The highest BCUT2D eigenvalue weighted by Gasteiger charge is 2.49. The van der Waals surface area contributed by atoms with E-state index in [1.807, 2.05) is 0 Å². The van der Waals surface area contributed by atoms with E-state index in [2.05, 4.69) is 27.8 Å². The molecule has 0 heterocycles. The zero-order valence-corrected chi connectivity index (χ0v) is 23.8. The Hall–Kier alpha value is -2.55. The number of hydrogen-bond donors (Lipinski definition) is 3. The fourth-order valence-corrected chi connectivity index (χ4v) is 4.34. The highest BCUT2D eigenvalue weighted by molar-refractivity contribution is 5.82. The van der Waals surface area contributed by atoms with Crippen molar-refractivity contribution in [3.8, 4) is 11.8 Å². The predicted molar refractivity (Wildman–Crippen MR) is 145 cm³/mol. The molecule has 1 fully saturated rings. The molecule has 1 unspecified atom stereocenters. The number of rotatable bonds is 18. The lowest BCUT2D eigenvalue weighted by Crippen LogP contribution is -2.40. The van der Waals surface area contributed by atoms with Crippen LogP contribution in [0.15, 0.2) is 0 Å². The lowest BCUT2D eigenvalue weighted by Gasteiger charge is -2.19. The monoisotopic (exact) mass is 553 g/mol. The molecule has 0 saturated heterocycles. The molecule has 2 rings (SSSR count). The molecule has 39 heavy (non-hydrogen) atoms. The molecule has 0 spiro atoms. The van der Waals surface area contributed by atoms with E-state index in [0.717, 1.165) is 25.7 Å². The fourth-order valence-electron chi connectivity index (χ4n) is 4.34.